The summed E-state index contributed by atoms with van der Waals surface area (Å²) in [5, 5.41) is 13.7. The summed E-state index contributed by atoms with van der Waals surface area (Å²) in [6.45, 7) is 4.47. The number of hydrogen-bond donors (Lipinski definition) is 4. The largest absolute Gasteiger partial charge is 0.382 e. The van der Waals surface area contributed by atoms with Gasteiger partial charge in [-0.1, -0.05) is 6.07 Å². The van der Waals surface area contributed by atoms with E-state index in [0.29, 0.717) is 23.7 Å². The fourth-order valence-corrected chi connectivity index (χ4v) is 7.14. The van der Waals surface area contributed by atoms with Crippen molar-refractivity contribution in [1.29, 1.82) is 0 Å². The molecule has 5 heteroatoms. The maximum atomic E-state index is 6.13. The highest BCUT2D eigenvalue weighted by Crippen LogP contribution is 2.64. The number of hydrogen-bond acceptors (Lipinski definition) is 3. The van der Waals surface area contributed by atoms with Crippen molar-refractivity contribution in [3.63, 3.8) is 0 Å². The van der Waals surface area contributed by atoms with E-state index in [1.165, 1.54) is 52.7 Å². The van der Waals surface area contributed by atoms with Crippen molar-refractivity contribution in [3.8, 4) is 0 Å². The molecule has 0 saturated heterocycles. The molecule has 5 atom stereocenters. The van der Waals surface area contributed by atoms with Crippen LogP contribution in [-0.2, 0) is 0 Å². The fourth-order valence-electron chi connectivity index (χ4n) is 7.14. The molecular weight excluding hydrogens is 370 g/mol. The first kappa shape index (κ1) is 16.8. The molecule has 2 aromatic heterocycles. The number of anilines is 2. The lowest BCUT2D eigenvalue weighted by atomic mass is 9.67. The first-order chi connectivity index (χ1) is 14.6. The number of aromatic amines is 2. The van der Waals surface area contributed by atoms with E-state index < -0.39 is 0 Å². The van der Waals surface area contributed by atoms with Crippen LogP contribution in [0, 0.1) is 31.6 Å². The lowest BCUT2D eigenvalue weighted by Crippen LogP contribution is -2.35. The Labute approximate surface area is 175 Å². The van der Waals surface area contributed by atoms with Crippen molar-refractivity contribution >= 4 is 33.3 Å². The molecule has 0 radical (unpaired) electrons. The average Bonchev–Trinajstić information content (AvgIpc) is 3.52. The summed E-state index contributed by atoms with van der Waals surface area (Å²) in [6.07, 6.45) is 4.13. The molecular formula is C25H27N5. The summed E-state index contributed by atoms with van der Waals surface area (Å²) in [7, 11) is 0. The first-order valence-corrected chi connectivity index (χ1v) is 11.2. The smallest absolute Gasteiger partial charge is 0.153 e. The average molecular weight is 398 g/mol. The van der Waals surface area contributed by atoms with Crippen LogP contribution in [0.5, 0.6) is 0 Å². The second-order valence-electron chi connectivity index (χ2n) is 9.80. The molecule has 7 rings (SSSR count). The molecule has 0 unspecified atom stereocenters. The number of nitrogen functional groups attached to an aromatic ring is 1. The second kappa shape index (κ2) is 5.60. The van der Waals surface area contributed by atoms with E-state index in [-0.39, 0.29) is 0 Å². The Bertz CT molecular complexity index is 1330. The minimum absolute atomic E-state index is 0.328. The highest BCUT2D eigenvalue weighted by Gasteiger charge is 2.54. The molecule has 30 heavy (non-hydrogen) atoms. The summed E-state index contributed by atoms with van der Waals surface area (Å²) in [6, 6.07) is 11.5. The standard InChI is InChI=1S/C25H27N5/c1-11-12(2)27-18-7-8-19-23(20(11)18)21-13-3-4-14(9-13)22(21)24(28-19)15-5-6-17-16(10-15)25(26)30-29-17/h5-8,10,13-14,21-22,24,27-28H,3-4,9H2,1-2H3,(H3,26,29,30)/t13-,14+,21+,22-,24+/m1/s1. The van der Waals surface area contributed by atoms with Crippen molar-refractivity contribution < 1.29 is 0 Å². The topological polar surface area (TPSA) is 82.5 Å². The molecule has 152 valence electrons. The van der Waals surface area contributed by atoms with Crippen LogP contribution < -0.4 is 11.1 Å². The molecule has 5 N–H and O–H groups in total. The Morgan fingerprint density at radius 1 is 1.03 bits per heavy atom. The molecule has 4 aromatic rings. The van der Waals surface area contributed by atoms with E-state index in [1.54, 1.807) is 5.56 Å². The number of rotatable bonds is 1. The monoisotopic (exact) mass is 397 g/mol. The van der Waals surface area contributed by atoms with Gasteiger partial charge in [0.2, 0.25) is 0 Å². The first-order valence-electron chi connectivity index (χ1n) is 11.2. The number of aryl methyl sites for hydroxylation is 2. The van der Waals surface area contributed by atoms with Crippen LogP contribution in [0.1, 0.15) is 53.6 Å². The fraction of sp³-hybridized carbons (Fsp3) is 0.400. The number of nitrogens with two attached hydrogens (primary N) is 1. The van der Waals surface area contributed by atoms with Gasteiger partial charge >= 0.3 is 0 Å². The summed E-state index contributed by atoms with van der Waals surface area (Å²) in [5.74, 6) is 3.49. The van der Waals surface area contributed by atoms with E-state index in [2.05, 4.69) is 64.7 Å². The van der Waals surface area contributed by atoms with E-state index in [4.69, 9.17) is 5.73 Å². The van der Waals surface area contributed by atoms with Gasteiger partial charge < -0.3 is 16.0 Å². The van der Waals surface area contributed by atoms with E-state index >= 15 is 0 Å². The van der Waals surface area contributed by atoms with Crippen LogP contribution in [0.15, 0.2) is 30.3 Å². The number of nitrogens with zero attached hydrogens (tertiary/aromatic N) is 1. The molecule has 0 amide bonds. The maximum Gasteiger partial charge on any atom is 0.153 e. The van der Waals surface area contributed by atoms with Gasteiger partial charge in [-0.3, -0.25) is 5.10 Å². The van der Waals surface area contributed by atoms with Gasteiger partial charge in [-0.25, -0.2) is 0 Å². The van der Waals surface area contributed by atoms with E-state index in [9.17, 15) is 0 Å². The van der Waals surface area contributed by atoms with E-state index in [1.807, 2.05) is 0 Å². The molecule has 2 bridgehead atoms. The number of nitrogens with one attached hydrogen (secondary N) is 3. The van der Waals surface area contributed by atoms with Crippen LogP contribution in [0.4, 0.5) is 11.5 Å². The predicted molar refractivity (Wildman–Crippen MR) is 122 cm³/mol. The molecule has 2 aliphatic carbocycles. The van der Waals surface area contributed by atoms with Crippen molar-refractivity contribution in [2.75, 3.05) is 11.1 Å². The zero-order valence-corrected chi connectivity index (χ0v) is 17.4. The minimum Gasteiger partial charge on any atom is -0.382 e. The molecule has 3 heterocycles. The highest BCUT2D eigenvalue weighted by molar-refractivity contribution is 5.93. The Kier molecular flexibility index (Phi) is 3.13. The van der Waals surface area contributed by atoms with Gasteiger partial charge in [-0.15, -0.1) is 0 Å². The van der Waals surface area contributed by atoms with Crippen molar-refractivity contribution in [3.05, 3.63) is 52.7 Å². The number of benzene rings is 2. The molecule has 5 nitrogen and oxygen atoms in total. The molecule has 1 aliphatic heterocycles. The van der Waals surface area contributed by atoms with E-state index in [0.717, 1.165) is 22.7 Å². The van der Waals surface area contributed by atoms with Gasteiger partial charge in [0.15, 0.2) is 5.82 Å². The third-order valence-corrected chi connectivity index (χ3v) is 8.49. The minimum atomic E-state index is 0.328. The van der Waals surface area contributed by atoms with Gasteiger partial charge in [0, 0.05) is 27.7 Å². The van der Waals surface area contributed by atoms with Crippen LogP contribution in [0.25, 0.3) is 21.8 Å². The molecule has 2 fully saturated rings. The van der Waals surface area contributed by atoms with Gasteiger partial charge in [0.05, 0.1) is 11.6 Å². The van der Waals surface area contributed by atoms with Gasteiger partial charge in [-0.2, -0.15) is 5.10 Å². The van der Waals surface area contributed by atoms with Crippen molar-refractivity contribution in [1.82, 2.24) is 15.2 Å². The lowest BCUT2D eigenvalue weighted by Gasteiger charge is -2.44. The molecule has 0 spiro atoms. The van der Waals surface area contributed by atoms with Crippen LogP contribution in [0.3, 0.4) is 0 Å². The zero-order chi connectivity index (χ0) is 20.1. The summed E-state index contributed by atoms with van der Waals surface area (Å²) >= 11 is 0. The Hall–Kier alpha value is -2.95. The third-order valence-electron chi connectivity index (χ3n) is 8.49. The molecule has 3 aliphatic rings. The molecule has 2 aromatic carbocycles. The Balaban J connectivity index is 1.45. The number of aromatic nitrogens is 3. The van der Waals surface area contributed by atoms with Gasteiger partial charge in [0.1, 0.15) is 0 Å². The zero-order valence-electron chi connectivity index (χ0n) is 17.4. The summed E-state index contributed by atoms with van der Waals surface area (Å²) < 4.78 is 0. The normalized spacial score (nSPS) is 29.3. The van der Waals surface area contributed by atoms with Crippen LogP contribution >= 0.6 is 0 Å². The van der Waals surface area contributed by atoms with Crippen molar-refractivity contribution in [2.24, 2.45) is 17.8 Å². The Morgan fingerprint density at radius 3 is 2.77 bits per heavy atom. The van der Waals surface area contributed by atoms with Crippen LogP contribution in [0.2, 0.25) is 0 Å². The maximum absolute atomic E-state index is 6.13. The highest BCUT2D eigenvalue weighted by atomic mass is 15.1. The number of fused-ring (bicyclic) bond motifs is 10. The third kappa shape index (κ3) is 2.00. The van der Waals surface area contributed by atoms with Gasteiger partial charge in [-0.05, 0) is 97.7 Å². The molecule has 2 saturated carbocycles. The van der Waals surface area contributed by atoms with Crippen LogP contribution in [-0.4, -0.2) is 15.2 Å². The summed E-state index contributed by atoms with van der Waals surface area (Å²) in [5.41, 5.74) is 15.4. The second-order valence-corrected chi connectivity index (χ2v) is 9.80. The quantitative estimate of drug-likeness (QED) is 0.340. The van der Waals surface area contributed by atoms with Crippen molar-refractivity contribution in [2.45, 2.75) is 45.1 Å². The lowest BCUT2D eigenvalue weighted by molar-refractivity contribution is 0.249. The Morgan fingerprint density at radius 2 is 1.87 bits per heavy atom. The predicted octanol–water partition coefficient (Wildman–Crippen LogP) is 5.54. The SMILES string of the molecule is Cc1[nH]c2ccc3c(c2c1C)[C@H]1[C@@H]2CC[C@@H](C2)[C@H]1[C@H](c1ccc2[nH]nc(N)c2c1)N3. The van der Waals surface area contributed by atoms with Gasteiger partial charge in [0.25, 0.3) is 0 Å². The number of H-pyrrole nitrogens is 2. The summed E-state index contributed by atoms with van der Waals surface area (Å²) in [4.78, 5) is 3.62.